The smallest absolute Gasteiger partial charge is 0.354 e. The number of hydrogen-bond acceptors (Lipinski definition) is 4. The van der Waals surface area contributed by atoms with Crippen molar-refractivity contribution in [1.82, 2.24) is 24.7 Å². The SMILES string of the molecule is O=C(O)c1[nH]cnc1-c1nnc2n1CCCCC2. The molecule has 0 aromatic carbocycles. The number of aromatic carboxylic acids is 1. The zero-order valence-electron chi connectivity index (χ0n) is 9.76. The van der Waals surface area contributed by atoms with Gasteiger partial charge >= 0.3 is 5.97 Å². The van der Waals surface area contributed by atoms with Crippen molar-refractivity contribution >= 4 is 5.97 Å². The molecule has 0 atom stereocenters. The fourth-order valence-electron chi connectivity index (χ4n) is 2.29. The number of imidazole rings is 1. The summed E-state index contributed by atoms with van der Waals surface area (Å²) in [7, 11) is 0. The first-order valence-electron chi connectivity index (χ1n) is 5.96. The van der Waals surface area contributed by atoms with E-state index in [0.29, 0.717) is 11.5 Å². The van der Waals surface area contributed by atoms with Crippen LogP contribution in [0.2, 0.25) is 0 Å². The van der Waals surface area contributed by atoms with E-state index in [2.05, 4.69) is 20.2 Å². The van der Waals surface area contributed by atoms with E-state index < -0.39 is 5.97 Å². The van der Waals surface area contributed by atoms with Gasteiger partial charge < -0.3 is 14.7 Å². The molecule has 0 spiro atoms. The highest BCUT2D eigenvalue weighted by molar-refractivity contribution is 5.91. The second-order valence-corrected chi connectivity index (χ2v) is 4.33. The third-order valence-corrected chi connectivity index (χ3v) is 3.17. The van der Waals surface area contributed by atoms with Crippen molar-refractivity contribution in [1.29, 1.82) is 0 Å². The molecule has 0 bridgehead atoms. The molecule has 0 aliphatic carbocycles. The van der Waals surface area contributed by atoms with Crippen LogP contribution in [0.1, 0.15) is 35.6 Å². The van der Waals surface area contributed by atoms with Crippen molar-refractivity contribution in [2.75, 3.05) is 0 Å². The third kappa shape index (κ3) is 1.68. The van der Waals surface area contributed by atoms with Crippen LogP contribution < -0.4 is 0 Å². The van der Waals surface area contributed by atoms with Gasteiger partial charge in [0.15, 0.2) is 11.5 Å². The van der Waals surface area contributed by atoms with Crippen LogP contribution in [0.3, 0.4) is 0 Å². The first kappa shape index (κ1) is 10.9. The number of hydrogen-bond donors (Lipinski definition) is 2. The molecule has 0 unspecified atom stereocenters. The highest BCUT2D eigenvalue weighted by atomic mass is 16.4. The van der Waals surface area contributed by atoms with Gasteiger partial charge in [-0.2, -0.15) is 0 Å². The maximum atomic E-state index is 11.1. The average molecular weight is 247 g/mol. The molecule has 0 amide bonds. The summed E-state index contributed by atoms with van der Waals surface area (Å²) in [4.78, 5) is 17.8. The number of carboxylic acid groups (broad SMARTS) is 1. The van der Waals surface area contributed by atoms with Gasteiger partial charge in [0.1, 0.15) is 11.5 Å². The summed E-state index contributed by atoms with van der Waals surface area (Å²) in [5.74, 6) is 0.431. The summed E-state index contributed by atoms with van der Waals surface area (Å²) < 4.78 is 1.98. The van der Waals surface area contributed by atoms with Crippen molar-refractivity contribution < 1.29 is 9.90 Å². The molecule has 2 aromatic heterocycles. The standard InChI is InChI=1S/C11H13N5O2/c17-11(18)9-8(12-6-13-9)10-15-14-7-4-2-1-3-5-16(7)10/h6H,1-5H2,(H,12,13)(H,17,18). The number of carboxylic acids is 1. The van der Waals surface area contributed by atoms with Gasteiger partial charge in [-0.05, 0) is 12.8 Å². The summed E-state index contributed by atoms with van der Waals surface area (Å²) in [6, 6.07) is 0. The molecule has 3 heterocycles. The number of aromatic nitrogens is 5. The number of H-pyrrole nitrogens is 1. The van der Waals surface area contributed by atoms with Crippen LogP contribution in [0.4, 0.5) is 0 Å². The first-order valence-corrected chi connectivity index (χ1v) is 5.96. The Hall–Kier alpha value is -2.18. The fraction of sp³-hybridized carbons (Fsp3) is 0.455. The second kappa shape index (κ2) is 4.25. The summed E-state index contributed by atoms with van der Waals surface area (Å²) in [6.07, 6.45) is 5.58. The molecule has 7 nitrogen and oxygen atoms in total. The summed E-state index contributed by atoms with van der Waals surface area (Å²) in [5.41, 5.74) is 0.428. The predicted molar refractivity (Wildman–Crippen MR) is 62.1 cm³/mol. The van der Waals surface area contributed by atoms with Crippen LogP contribution in [0.5, 0.6) is 0 Å². The molecule has 3 rings (SSSR count). The quantitative estimate of drug-likeness (QED) is 0.828. The number of rotatable bonds is 2. The summed E-state index contributed by atoms with van der Waals surface area (Å²) in [5, 5.41) is 17.3. The number of aromatic amines is 1. The molecule has 0 radical (unpaired) electrons. The molecule has 0 fully saturated rings. The average Bonchev–Trinajstić information content (AvgIpc) is 2.90. The van der Waals surface area contributed by atoms with E-state index in [1.54, 1.807) is 0 Å². The number of nitrogens with zero attached hydrogens (tertiary/aromatic N) is 4. The highest BCUT2D eigenvalue weighted by Crippen LogP contribution is 2.23. The molecular formula is C11H13N5O2. The monoisotopic (exact) mass is 247 g/mol. The Morgan fingerprint density at radius 1 is 1.33 bits per heavy atom. The molecule has 1 aliphatic rings. The molecular weight excluding hydrogens is 234 g/mol. The molecule has 2 aromatic rings. The zero-order valence-corrected chi connectivity index (χ0v) is 9.76. The van der Waals surface area contributed by atoms with Gasteiger partial charge in [-0.25, -0.2) is 9.78 Å². The maximum Gasteiger partial charge on any atom is 0.354 e. The Bertz CT molecular complexity index is 586. The Labute approximate surface area is 103 Å². The van der Waals surface area contributed by atoms with E-state index in [0.717, 1.165) is 38.1 Å². The van der Waals surface area contributed by atoms with Gasteiger partial charge in [0.2, 0.25) is 0 Å². The van der Waals surface area contributed by atoms with E-state index >= 15 is 0 Å². The van der Waals surface area contributed by atoms with Crippen LogP contribution in [0.15, 0.2) is 6.33 Å². The van der Waals surface area contributed by atoms with E-state index in [-0.39, 0.29) is 5.69 Å². The molecule has 2 N–H and O–H groups in total. The first-order chi connectivity index (χ1) is 8.77. The van der Waals surface area contributed by atoms with Crippen molar-refractivity contribution in [2.45, 2.75) is 32.2 Å². The van der Waals surface area contributed by atoms with Gasteiger partial charge in [-0.1, -0.05) is 6.42 Å². The molecule has 0 saturated heterocycles. The van der Waals surface area contributed by atoms with Crippen LogP contribution >= 0.6 is 0 Å². The van der Waals surface area contributed by atoms with Crippen molar-refractivity contribution in [3.63, 3.8) is 0 Å². The fourth-order valence-corrected chi connectivity index (χ4v) is 2.29. The van der Waals surface area contributed by atoms with E-state index in [1.807, 2.05) is 4.57 Å². The highest BCUT2D eigenvalue weighted by Gasteiger charge is 2.22. The lowest BCUT2D eigenvalue weighted by molar-refractivity contribution is 0.0692. The Morgan fingerprint density at radius 3 is 3.06 bits per heavy atom. The van der Waals surface area contributed by atoms with E-state index in [9.17, 15) is 4.79 Å². The van der Waals surface area contributed by atoms with Gasteiger partial charge in [0.05, 0.1) is 6.33 Å². The van der Waals surface area contributed by atoms with Crippen molar-refractivity contribution in [3.8, 4) is 11.5 Å². The number of carbonyl (C=O) groups is 1. The van der Waals surface area contributed by atoms with Crippen LogP contribution in [0.25, 0.3) is 11.5 Å². The number of fused-ring (bicyclic) bond motifs is 1. The maximum absolute atomic E-state index is 11.1. The van der Waals surface area contributed by atoms with Gasteiger partial charge in [0, 0.05) is 13.0 Å². The molecule has 18 heavy (non-hydrogen) atoms. The van der Waals surface area contributed by atoms with Crippen LogP contribution in [0, 0.1) is 0 Å². The number of aryl methyl sites for hydroxylation is 1. The van der Waals surface area contributed by atoms with E-state index in [4.69, 9.17) is 5.11 Å². The molecule has 94 valence electrons. The zero-order chi connectivity index (χ0) is 12.5. The molecule has 7 heteroatoms. The molecule has 1 aliphatic heterocycles. The summed E-state index contributed by atoms with van der Waals surface area (Å²) in [6.45, 7) is 0.823. The second-order valence-electron chi connectivity index (χ2n) is 4.33. The van der Waals surface area contributed by atoms with Crippen molar-refractivity contribution in [2.24, 2.45) is 0 Å². The minimum absolute atomic E-state index is 0.0643. The minimum Gasteiger partial charge on any atom is -0.477 e. The van der Waals surface area contributed by atoms with Gasteiger partial charge in [0.25, 0.3) is 0 Å². The lowest BCUT2D eigenvalue weighted by Gasteiger charge is -2.05. The normalized spacial score (nSPS) is 15.1. The predicted octanol–water partition coefficient (Wildman–Crippen LogP) is 1.09. The Balaban J connectivity index is 2.09. The lowest BCUT2D eigenvalue weighted by Crippen LogP contribution is -2.06. The van der Waals surface area contributed by atoms with Crippen LogP contribution in [-0.4, -0.2) is 35.8 Å². The molecule has 0 saturated carbocycles. The number of nitrogens with one attached hydrogen (secondary N) is 1. The Morgan fingerprint density at radius 2 is 2.22 bits per heavy atom. The van der Waals surface area contributed by atoms with Gasteiger partial charge in [-0.3, -0.25) is 0 Å². The third-order valence-electron chi connectivity index (χ3n) is 3.17. The lowest BCUT2D eigenvalue weighted by atomic mass is 10.2. The van der Waals surface area contributed by atoms with E-state index in [1.165, 1.54) is 6.33 Å². The Kier molecular flexibility index (Phi) is 2.58. The van der Waals surface area contributed by atoms with Gasteiger partial charge in [-0.15, -0.1) is 10.2 Å². The van der Waals surface area contributed by atoms with Crippen LogP contribution in [-0.2, 0) is 13.0 Å². The largest absolute Gasteiger partial charge is 0.477 e. The van der Waals surface area contributed by atoms with Crippen molar-refractivity contribution in [3.05, 3.63) is 17.8 Å². The minimum atomic E-state index is -1.03. The summed E-state index contributed by atoms with van der Waals surface area (Å²) >= 11 is 0. The topological polar surface area (TPSA) is 96.7 Å².